The summed E-state index contributed by atoms with van der Waals surface area (Å²) < 4.78 is 26.1. The second-order valence-corrected chi connectivity index (χ2v) is 5.25. The van der Waals surface area contributed by atoms with Crippen LogP contribution in [0, 0.1) is 24.5 Å². The Morgan fingerprint density at radius 2 is 1.86 bits per heavy atom. The quantitative estimate of drug-likeness (QED) is 0.878. The number of nitrogens with one attached hydrogen (secondary N) is 2. The largest absolute Gasteiger partial charge is 0.370 e. The number of aromatic nitrogens is 2. The highest BCUT2D eigenvalue weighted by atomic mass is 19.2. The van der Waals surface area contributed by atoms with Crippen molar-refractivity contribution in [3.63, 3.8) is 0 Å². The zero-order chi connectivity index (χ0) is 15.4. The topological polar surface area (TPSA) is 49.8 Å². The van der Waals surface area contributed by atoms with Gasteiger partial charge in [-0.1, -0.05) is 13.8 Å². The lowest BCUT2D eigenvalue weighted by Crippen LogP contribution is -2.10. The van der Waals surface area contributed by atoms with Crippen molar-refractivity contribution in [3.05, 3.63) is 41.6 Å². The first-order valence-corrected chi connectivity index (χ1v) is 6.75. The molecule has 0 amide bonds. The Kier molecular flexibility index (Phi) is 4.67. The number of rotatable bonds is 5. The van der Waals surface area contributed by atoms with Gasteiger partial charge in [0.15, 0.2) is 11.6 Å². The molecule has 0 spiro atoms. The molecule has 1 aromatic heterocycles. The van der Waals surface area contributed by atoms with Gasteiger partial charge in [-0.05, 0) is 25.0 Å². The Hall–Kier alpha value is -2.24. The van der Waals surface area contributed by atoms with Crippen molar-refractivity contribution >= 4 is 17.5 Å². The molecule has 1 aromatic carbocycles. The molecule has 0 aliphatic heterocycles. The third-order valence-electron chi connectivity index (χ3n) is 2.72. The van der Waals surface area contributed by atoms with Gasteiger partial charge in [0.1, 0.15) is 5.82 Å². The Morgan fingerprint density at radius 1 is 1.10 bits per heavy atom. The molecule has 0 unspecified atom stereocenters. The lowest BCUT2D eigenvalue weighted by Gasteiger charge is -2.11. The number of aryl methyl sites for hydroxylation is 1. The zero-order valence-corrected chi connectivity index (χ0v) is 12.2. The summed E-state index contributed by atoms with van der Waals surface area (Å²) in [7, 11) is 0. The molecular weight excluding hydrogens is 274 g/mol. The molecule has 0 fully saturated rings. The molecule has 0 aliphatic carbocycles. The molecule has 6 heteroatoms. The molecule has 0 radical (unpaired) electrons. The highest BCUT2D eigenvalue weighted by Gasteiger charge is 2.06. The summed E-state index contributed by atoms with van der Waals surface area (Å²) in [6, 6.07) is 5.40. The normalized spacial score (nSPS) is 10.8. The molecular formula is C15H18F2N4. The molecule has 2 aromatic rings. The average molecular weight is 292 g/mol. The van der Waals surface area contributed by atoms with Gasteiger partial charge in [-0.2, -0.15) is 4.98 Å². The average Bonchev–Trinajstić information content (AvgIpc) is 2.40. The van der Waals surface area contributed by atoms with Gasteiger partial charge in [-0.15, -0.1) is 0 Å². The zero-order valence-electron chi connectivity index (χ0n) is 12.2. The number of hydrogen-bond donors (Lipinski definition) is 2. The van der Waals surface area contributed by atoms with Gasteiger partial charge in [-0.3, -0.25) is 0 Å². The van der Waals surface area contributed by atoms with Crippen molar-refractivity contribution in [2.45, 2.75) is 20.8 Å². The van der Waals surface area contributed by atoms with E-state index in [9.17, 15) is 8.78 Å². The van der Waals surface area contributed by atoms with Gasteiger partial charge in [0, 0.05) is 30.1 Å². The smallest absolute Gasteiger partial charge is 0.229 e. The van der Waals surface area contributed by atoms with E-state index >= 15 is 0 Å². The van der Waals surface area contributed by atoms with Gasteiger partial charge in [0.25, 0.3) is 0 Å². The molecule has 0 atom stereocenters. The van der Waals surface area contributed by atoms with Crippen LogP contribution in [0.1, 0.15) is 19.5 Å². The van der Waals surface area contributed by atoms with Crippen LogP contribution < -0.4 is 10.6 Å². The number of benzene rings is 1. The van der Waals surface area contributed by atoms with E-state index in [1.54, 1.807) is 0 Å². The first-order valence-electron chi connectivity index (χ1n) is 6.75. The maximum absolute atomic E-state index is 13.2. The molecule has 2 N–H and O–H groups in total. The van der Waals surface area contributed by atoms with E-state index in [0.717, 1.165) is 24.4 Å². The lowest BCUT2D eigenvalue weighted by atomic mass is 10.2. The van der Waals surface area contributed by atoms with Crippen LogP contribution in [-0.2, 0) is 0 Å². The minimum atomic E-state index is -0.911. The summed E-state index contributed by atoms with van der Waals surface area (Å²) in [5.74, 6) is -0.271. The number of halogens is 2. The minimum absolute atomic E-state index is 0.340. The van der Waals surface area contributed by atoms with E-state index in [0.29, 0.717) is 23.4 Å². The first kappa shape index (κ1) is 15.2. The first-order chi connectivity index (χ1) is 9.94. The summed E-state index contributed by atoms with van der Waals surface area (Å²) in [5, 5.41) is 6.08. The standard InChI is InChI=1S/C15H18F2N4/c1-9(2)8-18-14-6-10(3)19-15(21-14)20-11-4-5-12(16)13(17)7-11/h4-7,9H,8H2,1-3H3,(H2,18,19,20,21). The third-order valence-corrected chi connectivity index (χ3v) is 2.72. The van der Waals surface area contributed by atoms with E-state index in [2.05, 4.69) is 34.4 Å². The van der Waals surface area contributed by atoms with Crippen LogP contribution >= 0.6 is 0 Å². The monoisotopic (exact) mass is 292 g/mol. The third kappa shape index (κ3) is 4.37. The molecule has 1 heterocycles. The fraction of sp³-hybridized carbons (Fsp3) is 0.333. The van der Waals surface area contributed by atoms with Crippen molar-refractivity contribution in [2.24, 2.45) is 5.92 Å². The van der Waals surface area contributed by atoms with Crippen molar-refractivity contribution in [1.29, 1.82) is 0 Å². The predicted molar refractivity (Wildman–Crippen MR) is 79.7 cm³/mol. The van der Waals surface area contributed by atoms with Crippen LogP contribution in [0.15, 0.2) is 24.3 Å². The number of anilines is 3. The predicted octanol–water partition coefficient (Wildman–Crippen LogP) is 3.87. The van der Waals surface area contributed by atoms with Crippen LogP contribution in [0.2, 0.25) is 0 Å². The van der Waals surface area contributed by atoms with Crippen molar-refractivity contribution in [1.82, 2.24) is 9.97 Å². The summed E-state index contributed by atoms with van der Waals surface area (Å²) in [5.41, 5.74) is 1.18. The fourth-order valence-electron chi connectivity index (χ4n) is 1.73. The summed E-state index contributed by atoms with van der Waals surface area (Å²) in [6.07, 6.45) is 0. The SMILES string of the molecule is Cc1cc(NCC(C)C)nc(Nc2ccc(F)c(F)c2)n1. The van der Waals surface area contributed by atoms with E-state index in [1.807, 2.05) is 13.0 Å². The van der Waals surface area contributed by atoms with Crippen LogP contribution in [0.3, 0.4) is 0 Å². The van der Waals surface area contributed by atoms with E-state index in [1.165, 1.54) is 6.07 Å². The second-order valence-electron chi connectivity index (χ2n) is 5.25. The minimum Gasteiger partial charge on any atom is -0.370 e. The summed E-state index contributed by atoms with van der Waals surface area (Å²) >= 11 is 0. The highest BCUT2D eigenvalue weighted by molar-refractivity contribution is 5.55. The van der Waals surface area contributed by atoms with Crippen LogP contribution in [-0.4, -0.2) is 16.5 Å². The highest BCUT2D eigenvalue weighted by Crippen LogP contribution is 2.18. The lowest BCUT2D eigenvalue weighted by molar-refractivity contribution is 0.509. The molecule has 0 saturated heterocycles. The summed E-state index contributed by atoms with van der Waals surface area (Å²) in [4.78, 5) is 8.53. The van der Waals surface area contributed by atoms with E-state index < -0.39 is 11.6 Å². The van der Waals surface area contributed by atoms with Gasteiger partial charge in [-0.25, -0.2) is 13.8 Å². The van der Waals surface area contributed by atoms with Crippen molar-refractivity contribution in [2.75, 3.05) is 17.2 Å². The van der Waals surface area contributed by atoms with Gasteiger partial charge < -0.3 is 10.6 Å². The summed E-state index contributed by atoms with van der Waals surface area (Å²) in [6.45, 7) is 6.84. The fourth-order valence-corrected chi connectivity index (χ4v) is 1.73. The number of nitrogens with zero attached hydrogens (tertiary/aromatic N) is 2. The Labute approximate surface area is 122 Å². The Bertz CT molecular complexity index is 629. The van der Waals surface area contributed by atoms with Crippen LogP contribution in [0.4, 0.5) is 26.2 Å². The van der Waals surface area contributed by atoms with Gasteiger partial charge >= 0.3 is 0 Å². The van der Waals surface area contributed by atoms with Gasteiger partial charge in [0.05, 0.1) is 0 Å². The molecule has 0 bridgehead atoms. The van der Waals surface area contributed by atoms with E-state index in [-0.39, 0.29) is 0 Å². The van der Waals surface area contributed by atoms with Crippen LogP contribution in [0.25, 0.3) is 0 Å². The maximum atomic E-state index is 13.2. The maximum Gasteiger partial charge on any atom is 0.229 e. The van der Waals surface area contributed by atoms with E-state index in [4.69, 9.17) is 0 Å². The molecule has 4 nitrogen and oxygen atoms in total. The van der Waals surface area contributed by atoms with Gasteiger partial charge in [0.2, 0.25) is 5.95 Å². The molecule has 2 rings (SSSR count). The Morgan fingerprint density at radius 3 is 2.52 bits per heavy atom. The Balaban J connectivity index is 2.17. The molecule has 0 aliphatic rings. The van der Waals surface area contributed by atoms with Crippen LogP contribution in [0.5, 0.6) is 0 Å². The molecule has 0 saturated carbocycles. The van der Waals surface area contributed by atoms with Crippen molar-refractivity contribution in [3.8, 4) is 0 Å². The molecule has 21 heavy (non-hydrogen) atoms. The molecule has 112 valence electrons. The second kappa shape index (κ2) is 6.47. The van der Waals surface area contributed by atoms with Crippen molar-refractivity contribution < 1.29 is 8.78 Å². The number of hydrogen-bond acceptors (Lipinski definition) is 4.